The van der Waals surface area contributed by atoms with E-state index < -0.39 is 42.5 Å². The van der Waals surface area contributed by atoms with Crippen molar-refractivity contribution in [1.29, 1.82) is 0 Å². The summed E-state index contributed by atoms with van der Waals surface area (Å²) >= 11 is 0. The molecule has 8 heteroatoms. The minimum Gasteiger partial charge on any atom is -0.635 e. The lowest BCUT2D eigenvalue weighted by Gasteiger charge is -2.44. The zero-order valence-electron chi connectivity index (χ0n) is 8.61. The minimum absolute atomic E-state index is 0.142. The molecule has 1 heterocycles. The number of quaternary nitrogens is 1. The molecule has 0 aromatic carbocycles. The van der Waals surface area contributed by atoms with E-state index in [-0.39, 0.29) is 5.48 Å². The Hall–Kier alpha value is -0.610. The number of Topliss-reactive ketones (excluding diaryl/α,β-unsaturated/α-hetero) is 1. The zero-order valence-corrected chi connectivity index (χ0v) is 8.61. The fraction of sp³-hybridized carbons (Fsp3) is 0.875. The minimum atomic E-state index is -2.51. The van der Waals surface area contributed by atoms with Crippen LogP contribution in [0.15, 0.2) is 0 Å². The van der Waals surface area contributed by atoms with Crippen LogP contribution in [-0.2, 0) is 9.53 Å². The van der Waals surface area contributed by atoms with Crippen molar-refractivity contribution in [3.63, 3.8) is 0 Å². The number of aliphatic hydroxyl groups excluding tert-OH is 3. The molecule has 0 radical (unpaired) electrons. The number of carbonyl (C=O) groups is 1. The van der Waals surface area contributed by atoms with Crippen LogP contribution in [0.3, 0.4) is 0 Å². The van der Waals surface area contributed by atoms with E-state index in [1.54, 1.807) is 0 Å². The number of hydrogen-bond acceptors (Lipinski definition) is 7. The van der Waals surface area contributed by atoms with Crippen molar-refractivity contribution in [3.8, 4) is 0 Å². The van der Waals surface area contributed by atoms with E-state index in [1.807, 2.05) is 0 Å². The molecule has 1 aliphatic rings. The van der Waals surface area contributed by atoms with Gasteiger partial charge in [0.05, 0.1) is 6.61 Å². The summed E-state index contributed by atoms with van der Waals surface area (Å²) in [5, 5.41) is 48.3. The number of rotatable bonds is 3. The van der Waals surface area contributed by atoms with Gasteiger partial charge in [0.1, 0.15) is 18.3 Å². The molecule has 1 rings (SSSR count). The van der Waals surface area contributed by atoms with Crippen molar-refractivity contribution in [2.45, 2.75) is 37.1 Å². The second kappa shape index (κ2) is 4.72. The van der Waals surface area contributed by atoms with Gasteiger partial charge in [-0.15, -0.1) is 0 Å². The molecule has 0 spiro atoms. The highest BCUT2D eigenvalue weighted by atomic mass is 16.7. The van der Waals surface area contributed by atoms with Crippen LogP contribution in [0.1, 0.15) is 6.92 Å². The van der Waals surface area contributed by atoms with Crippen LogP contribution < -0.4 is 5.48 Å². The molecule has 1 saturated heterocycles. The molecule has 6 N–H and O–H groups in total. The first kappa shape index (κ1) is 13.5. The Morgan fingerprint density at radius 2 is 2.06 bits per heavy atom. The summed E-state index contributed by atoms with van der Waals surface area (Å²) < 4.78 is 4.79. The first-order valence-electron chi connectivity index (χ1n) is 4.72. The van der Waals surface area contributed by atoms with Crippen molar-refractivity contribution in [1.82, 2.24) is 0 Å². The summed E-state index contributed by atoms with van der Waals surface area (Å²) in [5.41, 5.74) is 0.142. The van der Waals surface area contributed by atoms with Gasteiger partial charge in [-0.25, -0.2) is 0 Å². The Balaban J connectivity index is 3.03. The lowest BCUT2D eigenvalue weighted by atomic mass is 9.89. The number of ether oxygens (including phenoxy) is 1. The van der Waals surface area contributed by atoms with Gasteiger partial charge in [0.2, 0.25) is 0 Å². The van der Waals surface area contributed by atoms with Gasteiger partial charge in [-0.05, 0) is 0 Å². The molecule has 1 fully saturated rings. The molecule has 0 aromatic heterocycles. The number of aliphatic hydroxyl groups is 4. The fourth-order valence-electron chi connectivity index (χ4n) is 1.68. The largest absolute Gasteiger partial charge is 0.635 e. The summed E-state index contributed by atoms with van der Waals surface area (Å²) in [6.07, 6.45) is -4.53. The van der Waals surface area contributed by atoms with Crippen molar-refractivity contribution < 1.29 is 35.4 Å². The molecule has 0 aliphatic carbocycles. The Morgan fingerprint density at radius 1 is 1.50 bits per heavy atom. The quantitative estimate of drug-likeness (QED) is 0.313. The van der Waals surface area contributed by atoms with E-state index in [0.29, 0.717) is 0 Å². The molecule has 0 amide bonds. The van der Waals surface area contributed by atoms with E-state index in [9.17, 15) is 25.3 Å². The summed E-state index contributed by atoms with van der Waals surface area (Å²) in [6.45, 7) is 0.286. The SMILES string of the molecule is CC(=O)C1(O)O[C@H](CO)[C@@H](O)[C@H](O)[C@H]1[NH2+][O-]. The predicted octanol–water partition coefficient (Wildman–Crippen LogP) is -4.19. The Labute approximate surface area is 91.0 Å². The van der Waals surface area contributed by atoms with Crippen molar-refractivity contribution in [2.24, 2.45) is 0 Å². The van der Waals surface area contributed by atoms with Crippen LogP contribution in [0.4, 0.5) is 0 Å². The van der Waals surface area contributed by atoms with E-state index in [1.165, 1.54) is 0 Å². The Bertz CT molecular complexity index is 273. The molecule has 0 saturated carbocycles. The molecule has 0 bridgehead atoms. The van der Waals surface area contributed by atoms with Crippen LogP contribution in [0.5, 0.6) is 0 Å². The molecule has 16 heavy (non-hydrogen) atoms. The van der Waals surface area contributed by atoms with Gasteiger partial charge in [0, 0.05) is 6.92 Å². The maximum atomic E-state index is 11.2. The third-order valence-electron chi connectivity index (χ3n) is 2.71. The third kappa shape index (κ3) is 1.96. The molecular weight excluding hydrogens is 222 g/mol. The van der Waals surface area contributed by atoms with Gasteiger partial charge in [0.15, 0.2) is 11.8 Å². The maximum absolute atomic E-state index is 11.2. The average Bonchev–Trinajstić information content (AvgIpc) is 2.24. The van der Waals surface area contributed by atoms with Crippen LogP contribution in [0.2, 0.25) is 0 Å². The second-order valence-corrected chi connectivity index (χ2v) is 3.73. The fourth-order valence-corrected chi connectivity index (χ4v) is 1.68. The highest BCUT2D eigenvalue weighted by Crippen LogP contribution is 2.26. The topological polar surface area (TPSA) is 147 Å². The number of carbonyl (C=O) groups excluding carboxylic acids is 1. The second-order valence-electron chi connectivity index (χ2n) is 3.73. The summed E-state index contributed by atoms with van der Waals surface area (Å²) in [6, 6.07) is -1.58. The van der Waals surface area contributed by atoms with E-state index in [0.717, 1.165) is 6.92 Å². The lowest BCUT2D eigenvalue weighted by molar-refractivity contribution is -0.671. The number of nitrogens with two attached hydrogens (primary N) is 1. The number of hydroxylamine groups is 1. The van der Waals surface area contributed by atoms with Gasteiger partial charge in [-0.3, -0.25) is 4.79 Å². The first-order chi connectivity index (χ1) is 7.38. The molecule has 1 aliphatic heterocycles. The number of hydrogen-bond donors (Lipinski definition) is 5. The predicted molar refractivity (Wildman–Crippen MR) is 48.7 cm³/mol. The molecule has 94 valence electrons. The molecule has 0 aromatic rings. The van der Waals surface area contributed by atoms with Crippen LogP contribution in [0, 0.1) is 5.21 Å². The monoisotopic (exact) mass is 237 g/mol. The normalized spacial score (nSPS) is 44.4. The smallest absolute Gasteiger partial charge is 0.283 e. The highest BCUT2D eigenvalue weighted by Gasteiger charge is 2.57. The van der Waals surface area contributed by atoms with Crippen molar-refractivity contribution in [2.75, 3.05) is 6.61 Å². The van der Waals surface area contributed by atoms with Crippen molar-refractivity contribution in [3.05, 3.63) is 5.21 Å². The van der Waals surface area contributed by atoms with E-state index in [4.69, 9.17) is 9.84 Å². The Morgan fingerprint density at radius 3 is 2.44 bits per heavy atom. The summed E-state index contributed by atoms with van der Waals surface area (Å²) in [4.78, 5) is 11.2. The van der Waals surface area contributed by atoms with Crippen molar-refractivity contribution >= 4 is 5.78 Å². The first-order valence-corrected chi connectivity index (χ1v) is 4.72. The van der Waals surface area contributed by atoms with Crippen LogP contribution >= 0.6 is 0 Å². The summed E-state index contributed by atoms with van der Waals surface area (Å²) in [5.74, 6) is -3.39. The van der Waals surface area contributed by atoms with E-state index >= 15 is 0 Å². The van der Waals surface area contributed by atoms with Gasteiger partial charge < -0.3 is 35.9 Å². The molecule has 8 nitrogen and oxygen atoms in total. The van der Waals surface area contributed by atoms with Gasteiger partial charge in [-0.2, -0.15) is 0 Å². The standard InChI is InChI=1S/C8H15NO7/c1-3(11)8(14)7(9-15)6(13)5(12)4(2-10)16-8/h4-7,10,12-14H,2,9H2,1H3/t4-,5-,6+,7-,8?/m1/s1. The van der Waals surface area contributed by atoms with Crippen LogP contribution in [-0.4, -0.2) is 63.0 Å². The molecule has 5 atom stereocenters. The summed E-state index contributed by atoms with van der Waals surface area (Å²) in [7, 11) is 0. The Kier molecular flexibility index (Phi) is 3.97. The molecular formula is C8H15NO7. The van der Waals surface area contributed by atoms with Gasteiger partial charge in [-0.1, -0.05) is 0 Å². The van der Waals surface area contributed by atoms with Gasteiger partial charge in [0.25, 0.3) is 5.79 Å². The highest BCUT2D eigenvalue weighted by molar-refractivity contribution is 5.84. The average molecular weight is 237 g/mol. The molecule has 1 unspecified atom stereocenters. The van der Waals surface area contributed by atoms with Gasteiger partial charge >= 0.3 is 0 Å². The maximum Gasteiger partial charge on any atom is 0.283 e. The lowest BCUT2D eigenvalue weighted by Crippen LogP contribution is -2.96. The number of ketones is 1. The zero-order chi connectivity index (χ0) is 12.5. The van der Waals surface area contributed by atoms with Crippen LogP contribution in [0.25, 0.3) is 0 Å². The third-order valence-corrected chi connectivity index (χ3v) is 2.71. The van der Waals surface area contributed by atoms with E-state index in [2.05, 4.69) is 0 Å².